The summed E-state index contributed by atoms with van der Waals surface area (Å²) in [4.78, 5) is 26.2. The number of nitrogens with one attached hydrogen (secondary N) is 1. The third-order valence-corrected chi connectivity index (χ3v) is 4.39. The second kappa shape index (κ2) is 7.42. The van der Waals surface area contributed by atoms with Crippen LogP contribution in [0.25, 0.3) is 0 Å². The van der Waals surface area contributed by atoms with Gasteiger partial charge in [0, 0.05) is 19.0 Å². The number of carbonyl (C=O) groups excluding carboxylic acids is 2. The molecule has 25 heavy (non-hydrogen) atoms. The molecule has 1 heterocycles. The number of amides is 2. The van der Waals surface area contributed by atoms with E-state index in [1.54, 1.807) is 23.1 Å². The number of rotatable bonds is 3. The summed E-state index contributed by atoms with van der Waals surface area (Å²) in [6.07, 6.45) is 0.918. The second-order valence-electron chi connectivity index (χ2n) is 6.02. The molecular formula is C19H18F2N2O2. The summed E-state index contributed by atoms with van der Waals surface area (Å²) in [6.45, 7) is 0.727. The summed E-state index contributed by atoms with van der Waals surface area (Å²) in [5.41, 5.74) is 0.189. The monoisotopic (exact) mass is 344 g/mol. The van der Waals surface area contributed by atoms with Crippen molar-refractivity contribution in [1.82, 2.24) is 4.90 Å². The Hall–Kier alpha value is -2.76. The van der Waals surface area contributed by atoms with Gasteiger partial charge < -0.3 is 10.2 Å². The maximum atomic E-state index is 13.7. The Labute approximate surface area is 144 Å². The van der Waals surface area contributed by atoms with Crippen molar-refractivity contribution in [1.29, 1.82) is 0 Å². The molecule has 1 saturated heterocycles. The molecule has 2 amide bonds. The van der Waals surface area contributed by atoms with Crippen LogP contribution in [0.5, 0.6) is 0 Å². The lowest BCUT2D eigenvalue weighted by molar-refractivity contribution is -0.121. The Morgan fingerprint density at radius 3 is 2.16 bits per heavy atom. The van der Waals surface area contributed by atoms with Crippen LogP contribution in [0.4, 0.5) is 14.5 Å². The zero-order chi connectivity index (χ0) is 17.8. The van der Waals surface area contributed by atoms with Crippen LogP contribution in [0.2, 0.25) is 0 Å². The van der Waals surface area contributed by atoms with Gasteiger partial charge in [0.25, 0.3) is 5.91 Å². The van der Waals surface area contributed by atoms with Gasteiger partial charge >= 0.3 is 0 Å². The Kier molecular flexibility index (Phi) is 5.07. The predicted octanol–water partition coefficient (Wildman–Crippen LogP) is 3.46. The number of para-hydroxylation sites is 1. The van der Waals surface area contributed by atoms with E-state index in [9.17, 15) is 18.4 Å². The molecule has 0 saturated carbocycles. The van der Waals surface area contributed by atoms with E-state index in [1.165, 1.54) is 30.3 Å². The third-order valence-electron chi connectivity index (χ3n) is 4.39. The van der Waals surface area contributed by atoms with Crippen LogP contribution < -0.4 is 5.32 Å². The number of halogens is 2. The smallest absolute Gasteiger partial charge is 0.256 e. The first-order chi connectivity index (χ1) is 12.1. The summed E-state index contributed by atoms with van der Waals surface area (Å²) in [7, 11) is 0. The molecule has 0 spiro atoms. The second-order valence-corrected chi connectivity index (χ2v) is 6.02. The SMILES string of the molecule is O=C(Nc1ccccc1F)C1CCN(C(=O)c2ccccc2F)CC1. The lowest BCUT2D eigenvalue weighted by Crippen LogP contribution is -2.41. The maximum Gasteiger partial charge on any atom is 0.256 e. The Morgan fingerprint density at radius 2 is 1.52 bits per heavy atom. The van der Waals surface area contributed by atoms with Gasteiger partial charge in [0.05, 0.1) is 11.3 Å². The number of piperidine rings is 1. The molecule has 3 rings (SSSR count). The van der Waals surface area contributed by atoms with E-state index in [0.29, 0.717) is 25.9 Å². The molecule has 130 valence electrons. The topological polar surface area (TPSA) is 49.4 Å². The molecule has 1 fully saturated rings. The van der Waals surface area contributed by atoms with Gasteiger partial charge in [0.2, 0.25) is 5.91 Å². The molecule has 0 unspecified atom stereocenters. The van der Waals surface area contributed by atoms with E-state index in [0.717, 1.165) is 0 Å². The zero-order valence-electron chi connectivity index (χ0n) is 13.5. The Bertz CT molecular complexity index is 786. The van der Waals surface area contributed by atoms with Gasteiger partial charge in [0.15, 0.2) is 0 Å². The van der Waals surface area contributed by atoms with Gasteiger partial charge in [0.1, 0.15) is 11.6 Å². The minimum atomic E-state index is -0.549. The fourth-order valence-corrected chi connectivity index (χ4v) is 2.95. The minimum absolute atomic E-state index is 0.0387. The molecule has 6 heteroatoms. The van der Waals surface area contributed by atoms with E-state index < -0.39 is 11.6 Å². The molecule has 1 aliphatic rings. The molecule has 4 nitrogen and oxygen atoms in total. The summed E-state index contributed by atoms with van der Waals surface area (Å²) in [5.74, 6) is -1.96. The molecule has 0 bridgehead atoms. The van der Waals surface area contributed by atoms with E-state index in [4.69, 9.17) is 0 Å². The van der Waals surface area contributed by atoms with Crippen molar-refractivity contribution in [2.75, 3.05) is 18.4 Å². The lowest BCUT2D eigenvalue weighted by atomic mass is 9.95. The molecule has 2 aromatic rings. The Balaban J connectivity index is 1.58. The predicted molar refractivity (Wildman–Crippen MR) is 90.1 cm³/mol. The van der Waals surface area contributed by atoms with Crippen molar-refractivity contribution in [2.24, 2.45) is 5.92 Å². The highest BCUT2D eigenvalue weighted by atomic mass is 19.1. The van der Waals surface area contributed by atoms with E-state index in [1.807, 2.05) is 0 Å². The van der Waals surface area contributed by atoms with Crippen LogP contribution in [0.15, 0.2) is 48.5 Å². The van der Waals surface area contributed by atoms with Gasteiger partial charge in [-0.15, -0.1) is 0 Å². The molecule has 0 radical (unpaired) electrons. The largest absolute Gasteiger partial charge is 0.339 e. The van der Waals surface area contributed by atoms with Crippen molar-refractivity contribution in [3.63, 3.8) is 0 Å². The van der Waals surface area contributed by atoms with Gasteiger partial charge in [-0.1, -0.05) is 24.3 Å². The first-order valence-corrected chi connectivity index (χ1v) is 8.15. The molecule has 0 aromatic heterocycles. The average molecular weight is 344 g/mol. The van der Waals surface area contributed by atoms with Crippen LogP contribution in [0.1, 0.15) is 23.2 Å². The summed E-state index contributed by atoms with van der Waals surface area (Å²) in [6, 6.07) is 11.8. The van der Waals surface area contributed by atoms with Crippen molar-refractivity contribution in [3.8, 4) is 0 Å². The summed E-state index contributed by atoms with van der Waals surface area (Å²) >= 11 is 0. The van der Waals surface area contributed by atoms with Crippen LogP contribution in [-0.4, -0.2) is 29.8 Å². The van der Waals surface area contributed by atoms with Crippen molar-refractivity contribution < 1.29 is 18.4 Å². The highest BCUT2D eigenvalue weighted by Crippen LogP contribution is 2.22. The molecule has 1 N–H and O–H groups in total. The fourth-order valence-electron chi connectivity index (χ4n) is 2.95. The average Bonchev–Trinajstić information content (AvgIpc) is 2.63. The van der Waals surface area contributed by atoms with Crippen molar-refractivity contribution in [2.45, 2.75) is 12.8 Å². The highest BCUT2D eigenvalue weighted by Gasteiger charge is 2.29. The van der Waals surface area contributed by atoms with Gasteiger partial charge in [-0.05, 0) is 37.1 Å². The number of anilines is 1. The first kappa shape index (κ1) is 17.1. The van der Waals surface area contributed by atoms with Crippen molar-refractivity contribution >= 4 is 17.5 Å². The van der Waals surface area contributed by atoms with Crippen LogP contribution >= 0.6 is 0 Å². The number of carbonyl (C=O) groups is 2. The number of nitrogens with zero attached hydrogens (tertiary/aromatic N) is 1. The number of likely N-dealkylation sites (tertiary alicyclic amines) is 1. The van der Waals surface area contributed by atoms with Crippen LogP contribution in [0.3, 0.4) is 0 Å². The van der Waals surface area contributed by atoms with Gasteiger partial charge in [-0.25, -0.2) is 8.78 Å². The summed E-state index contributed by atoms with van der Waals surface area (Å²) in [5, 5.41) is 2.59. The third kappa shape index (κ3) is 3.84. The molecule has 2 aromatic carbocycles. The van der Waals surface area contributed by atoms with Gasteiger partial charge in [-0.3, -0.25) is 9.59 Å². The van der Waals surface area contributed by atoms with Gasteiger partial charge in [-0.2, -0.15) is 0 Å². The number of hydrogen-bond acceptors (Lipinski definition) is 2. The zero-order valence-corrected chi connectivity index (χ0v) is 13.5. The molecule has 0 aliphatic carbocycles. The standard InChI is InChI=1S/C19H18F2N2O2/c20-15-6-2-1-5-14(15)19(25)23-11-9-13(10-12-23)18(24)22-17-8-4-3-7-16(17)21/h1-8,13H,9-12H2,(H,22,24). The highest BCUT2D eigenvalue weighted by molar-refractivity contribution is 5.95. The Morgan fingerprint density at radius 1 is 0.920 bits per heavy atom. The first-order valence-electron chi connectivity index (χ1n) is 8.15. The normalized spacial score (nSPS) is 15.0. The molecular weight excluding hydrogens is 326 g/mol. The van der Waals surface area contributed by atoms with Crippen molar-refractivity contribution in [3.05, 3.63) is 65.7 Å². The summed E-state index contributed by atoms with van der Waals surface area (Å²) < 4.78 is 27.3. The van der Waals surface area contributed by atoms with Crippen LogP contribution in [-0.2, 0) is 4.79 Å². The minimum Gasteiger partial charge on any atom is -0.339 e. The fraction of sp³-hybridized carbons (Fsp3) is 0.263. The molecule has 1 aliphatic heterocycles. The maximum absolute atomic E-state index is 13.7. The molecule has 0 atom stereocenters. The quantitative estimate of drug-likeness (QED) is 0.927. The number of hydrogen-bond donors (Lipinski definition) is 1. The lowest BCUT2D eigenvalue weighted by Gasteiger charge is -2.31. The number of benzene rings is 2. The van der Waals surface area contributed by atoms with E-state index in [2.05, 4.69) is 5.32 Å². The van der Waals surface area contributed by atoms with E-state index in [-0.39, 0.29) is 29.0 Å². The van der Waals surface area contributed by atoms with E-state index >= 15 is 0 Å². The van der Waals surface area contributed by atoms with Crippen LogP contribution in [0, 0.1) is 17.6 Å².